The lowest BCUT2D eigenvalue weighted by atomic mass is 10.1. The number of fused-ring (bicyclic) bond motifs is 2. The Morgan fingerprint density at radius 3 is 2.81 bits per heavy atom. The number of amides is 1. The molecule has 2 bridgehead atoms. The minimum absolute atomic E-state index is 0.109. The van der Waals surface area contributed by atoms with Gasteiger partial charge in [-0.3, -0.25) is 14.9 Å². The molecule has 0 saturated carbocycles. The Morgan fingerprint density at radius 1 is 1.33 bits per heavy atom. The molecule has 0 aliphatic carbocycles. The van der Waals surface area contributed by atoms with Crippen LogP contribution in [0, 0.1) is 10.1 Å². The summed E-state index contributed by atoms with van der Waals surface area (Å²) in [6.07, 6.45) is 3.33. The number of primary amides is 1. The maximum atomic E-state index is 11.6. The number of hydrogen-bond acceptors (Lipinski definition) is 5. The number of nitro groups is 1. The predicted molar refractivity (Wildman–Crippen MR) is 78.4 cm³/mol. The smallest absolute Gasteiger partial charge is 0.270 e. The molecular formula is C14H18N4O3. The quantitative estimate of drug-likeness (QED) is 0.639. The fraction of sp³-hybridized carbons (Fsp3) is 0.500. The summed E-state index contributed by atoms with van der Waals surface area (Å²) in [5.74, 6) is -0.629. The molecule has 21 heavy (non-hydrogen) atoms. The molecule has 1 amide bonds. The molecule has 7 nitrogen and oxygen atoms in total. The maximum absolute atomic E-state index is 11.6. The zero-order valence-electron chi connectivity index (χ0n) is 11.6. The van der Waals surface area contributed by atoms with Gasteiger partial charge in [-0.1, -0.05) is 0 Å². The molecule has 1 aromatic carbocycles. The van der Waals surface area contributed by atoms with Gasteiger partial charge in [0.2, 0.25) is 0 Å². The lowest BCUT2D eigenvalue weighted by Gasteiger charge is -2.27. The van der Waals surface area contributed by atoms with Gasteiger partial charge in [0.25, 0.3) is 11.6 Å². The largest absolute Gasteiger partial charge is 0.369 e. The molecule has 2 unspecified atom stereocenters. The van der Waals surface area contributed by atoms with E-state index in [1.165, 1.54) is 18.6 Å². The van der Waals surface area contributed by atoms with E-state index in [1.807, 2.05) is 0 Å². The number of benzene rings is 1. The van der Waals surface area contributed by atoms with Crippen molar-refractivity contribution in [2.75, 3.05) is 18.0 Å². The van der Waals surface area contributed by atoms with Crippen LogP contribution in [-0.2, 0) is 0 Å². The number of nitrogens with zero attached hydrogens (tertiary/aromatic N) is 2. The topological polar surface area (TPSA) is 102 Å². The van der Waals surface area contributed by atoms with Crippen LogP contribution in [0.15, 0.2) is 18.2 Å². The first-order valence-corrected chi connectivity index (χ1v) is 7.14. The molecule has 3 rings (SSSR count). The molecule has 0 spiro atoms. The molecule has 2 fully saturated rings. The van der Waals surface area contributed by atoms with Crippen molar-refractivity contribution in [3.8, 4) is 0 Å². The van der Waals surface area contributed by atoms with Crippen LogP contribution < -0.4 is 16.0 Å². The van der Waals surface area contributed by atoms with E-state index in [-0.39, 0.29) is 11.3 Å². The van der Waals surface area contributed by atoms with Crippen LogP contribution in [0.1, 0.15) is 29.6 Å². The number of non-ortho nitro benzene ring substituents is 1. The zero-order chi connectivity index (χ0) is 15.0. The predicted octanol–water partition coefficient (Wildman–Crippen LogP) is 1.02. The molecular weight excluding hydrogens is 272 g/mol. The second-order valence-electron chi connectivity index (χ2n) is 5.70. The lowest BCUT2D eigenvalue weighted by molar-refractivity contribution is -0.384. The second-order valence-corrected chi connectivity index (χ2v) is 5.70. The van der Waals surface area contributed by atoms with Gasteiger partial charge in [0.1, 0.15) is 0 Å². The van der Waals surface area contributed by atoms with Crippen molar-refractivity contribution in [2.45, 2.75) is 31.3 Å². The average molecular weight is 290 g/mol. The average Bonchev–Trinajstić information content (AvgIpc) is 2.77. The van der Waals surface area contributed by atoms with Crippen molar-refractivity contribution in [3.63, 3.8) is 0 Å². The minimum atomic E-state index is -0.629. The van der Waals surface area contributed by atoms with Gasteiger partial charge in [0, 0.05) is 37.3 Å². The Labute approximate surface area is 122 Å². The summed E-state index contributed by atoms with van der Waals surface area (Å²) in [6, 6.07) is 5.28. The molecule has 2 aliphatic heterocycles. The molecule has 0 aromatic heterocycles. The third-order valence-electron chi connectivity index (χ3n) is 4.32. The van der Waals surface area contributed by atoms with E-state index in [0.717, 1.165) is 25.9 Å². The van der Waals surface area contributed by atoms with Crippen LogP contribution in [0.25, 0.3) is 0 Å². The summed E-state index contributed by atoms with van der Waals surface area (Å²) < 4.78 is 0. The van der Waals surface area contributed by atoms with Crippen molar-refractivity contribution in [3.05, 3.63) is 33.9 Å². The number of anilines is 1. The maximum Gasteiger partial charge on any atom is 0.270 e. The summed E-state index contributed by atoms with van der Waals surface area (Å²) in [5, 5.41) is 14.4. The van der Waals surface area contributed by atoms with Crippen molar-refractivity contribution in [2.24, 2.45) is 5.73 Å². The highest BCUT2D eigenvalue weighted by Crippen LogP contribution is 2.29. The zero-order valence-corrected chi connectivity index (χ0v) is 11.6. The number of rotatable bonds is 3. The van der Waals surface area contributed by atoms with Gasteiger partial charge in [-0.05, 0) is 25.3 Å². The van der Waals surface area contributed by atoms with E-state index >= 15 is 0 Å². The molecule has 1 aromatic rings. The molecule has 112 valence electrons. The van der Waals surface area contributed by atoms with Crippen molar-refractivity contribution in [1.29, 1.82) is 0 Å². The first kappa shape index (κ1) is 13.8. The monoisotopic (exact) mass is 290 g/mol. The standard InChI is InChI=1S/C14H18N4O3/c15-14(19)12-7-11(18(20)21)3-4-13(12)17-6-5-9-1-2-10(8-17)16-9/h3-4,7,9-10,16H,1-2,5-6,8H2,(H2,15,19). The van der Waals surface area contributed by atoms with Gasteiger partial charge in [0.05, 0.1) is 16.2 Å². The van der Waals surface area contributed by atoms with Crippen molar-refractivity contribution < 1.29 is 9.72 Å². The SMILES string of the molecule is NC(=O)c1cc([N+](=O)[O-])ccc1N1CCC2CCC(C1)N2. The van der Waals surface area contributed by atoms with E-state index in [9.17, 15) is 14.9 Å². The van der Waals surface area contributed by atoms with Crippen LogP contribution in [-0.4, -0.2) is 36.0 Å². The first-order valence-electron chi connectivity index (χ1n) is 7.14. The highest BCUT2D eigenvalue weighted by atomic mass is 16.6. The number of hydrogen-bond donors (Lipinski definition) is 2. The molecule has 2 saturated heterocycles. The Hall–Kier alpha value is -2.15. The summed E-state index contributed by atoms with van der Waals surface area (Å²) in [7, 11) is 0. The van der Waals surface area contributed by atoms with Crippen LogP contribution in [0.2, 0.25) is 0 Å². The molecule has 3 N–H and O–H groups in total. The second kappa shape index (κ2) is 5.33. The van der Waals surface area contributed by atoms with Gasteiger partial charge >= 0.3 is 0 Å². The Kier molecular flexibility index (Phi) is 3.50. The van der Waals surface area contributed by atoms with E-state index < -0.39 is 10.8 Å². The number of nitrogens with two attached hydrogens (primary N) is 1. The number of nitrogens with one attached hydrogen (secondary N) is 1. The lowest BCUT2D eigenvalue weighted by Crippen LogP contribution is -2.36. The van der Waals surface area contributed by atoms with E-state index in [0.29, 0.717) is 17.8 Å². The third kappa shape index (κ3) is 2.69. The molecule has 2 heterocycles. The molecule has 2 atom stereocenters. The fourth-order valence-corrected chi connectivity index (χ4v) is 3.27. The summed E-state index contributed by atoms with van der Waals surface area (Å²) in [6.45, 7) is 1.63. The van der Waals surface area contributed by atoms with Crippen LogP contribution >= 0.6 is 0 Å². The van der Waals surface area contributed by atoms with Gasteiger partial charge < -0.3 is 16.0 Å². The Balaban J connectivity index is 1.93. The fourth-order valence-electron chi connectivity index (χ4n) is 3.27. The third-order valence-corrected chi connectivity index (χ3v) is 4.32. The summed E-state index contributed by atoms with van der Waals surface area (Å²) in [4.78, 5) is 24.1. The summed E-state index contributed by atoms with van der Waals surface area (Å²) in [5.41, 5.74) is 6.21. The summed E-state index contributed by atoms with van der Waals surface area (Å²) >= 11 is 0. The van der Waals surface area contributed by atoms with Crippen LogP contribution in [0.3, 0.4) is 0 Å². The van der Waals surface area contributed by atoms with Gasteiger partial charge in [-0.25, -0.2) is 0 Å². The van der Waals surface area contributed by atoms with Gasteiger partial charge in [-0.15, -0.1) is 0 Å². The van der Waals surface area contributed by atoms with Gasteiger partial charge in [-0.2, -0.15) is 0 Å². The first-order chi connectivity index (χ1) is 10.0. The van der Waals surface area contributed by atoms with Crippen molar-refractivity contribution in [1.82, 2.24) is 5.32 Å². The number of nitro benzene ring substituents is 1. The van der Waals surface area contributed by atoms with Crippen LogP contribution in [0.5, 0.6) is 0 Å². The Morgan fingerprint density at radius 2 is 2.10 bits per heavy atom. The highest BCUT2D eigenvalue weighted by Gasteiger charge is 2.30. The van der Waals surface area contributed by atoms with Gasteiger partial charge in [0.15, 0.2) is 0 Å². The normalized spacial score (nSPS) is 24.7. The van der Waals surface area contributed by atoms with E-state index in [4.69, 9.17) is 5.73 Å². The van der Waals surface area contributed by atoms with E-state index in [2.05, 4.69) is 10.2 Å². The number of carbonyl (C=O) groups is 1. The van der Waals surface area contributed by atoms with E-state index in [1.54, 1.807) is 6.07 Å². The number of carbonyl (C=O) groups excluding carboxylic acids is 1. The highest BCUT2D eigenvalue weighted by molar-refractivity contribution is 5.99. The minimum Gasteiger partial charge on any atom is -0.369 e. The van der Waals surface area contributed by atoms with Crippen molar-refractivity contribution >= 4 is 17.3 Å². The molecule has 0 radical (unpaired) electrons. The molecule has 7 heteroatoms. The molecule has 2 aliphatic rings. The van der Waals surface area contributed by atoms with Crippen LogP contribution in [0.4, 0.5) is 11.4 Å². The Bertz CT molecular complexity index is 590.